The van der Waals surface area contributed by atoms with E-state index in [1.807, 2.05) is 0 Å². The van der Waals surface area contributed by atoms with Crippen molar-refractivity contribution in [1.82, 2.24) is 9.97 Å². The lowest BCUT2D eigenvalue weighted by molar-refractivity contribution is 0.273. The fraction of sp³-hybridized carbons (Fsp3) is 0.167. The number of halogens is 2. The van der Waals surface area contributed by atoms with Crippen molar-refractivity contribution in [3.8, 4) is 11.6 Å². The molecule has 1 heterocycles. The molecule has 6 heteroatoms. The van der Waals surface area contributed by atoms with E-state index in [9.17, 15) is 8.78 Å². The first kappa shape index (κ1) is 12.4. The van der Waals surface area contributed by atoms with E-state index in [-0.39, 0.29) is 18.2 Å². The smallest absolute Gasteiger partial charge is 0.228 e. The molecule has 0 atom stereocenters. The number of aryl methyl sites for hydroxylation is 1. The summed E-state index contributed by atoms with van der Waals surface area (Å²) >= 11 is 0. The molecule has 0 spiro atoms. The third-order valence-corrected chi connectivity index (χ3v) is 2.24. The number of rotatable bonds is 3. The Morgan fingerprint density at radius 2 is 2.11 bits per heavy atom. The minimum atomic E-state index is -1.10. The molecule has 1 aromatic heterocycles. The second-order valence-corrected chi connectivity index (χ2v) is 3.56. The molecule has 0 bridgehead atoms. The van der Waals surface area contributed by atoms with Gasteiger partial charge >= 0.3 is 0 Å². The minimum absolute atomic E-state index is 0.00880. The third-order valence-electron chi connectivity index (χ3n) is 2.24. The van der Waals surface area contributed by atoms with Crippen LogP contribution >= 0.6 is 0 Å². The Bertz CT molecular complexity index is 576. The summed E-state index contributed by atoms with van der Waals surface area (Å²) in [7, 11) is 0. The van der Waals surface area contributed by atoms with Crippen LogP contribution in [0.3, 0.4) is 0 Å². The highest BCUT2D eigenvalue weighted by atomic mass is 19.2. The Hall–Kier alpha value is -2.08. The van der Waals surface area contributed by atoms with Gasteiger partial charge in [0.05, 0.1) is 12.2 Å². The van der Waals surface area contributed by atoms with Gasteiger partial charge in [0.1, 0.15) is 5.82 Å². The fourth-order valence-electron chi connectivity index (χ4n) is 1.34. The molecule has 0 amide bonds. The van der Waals surface area contributed by atoms with Gasteiger partial charge in [-0.1, -0.05) is 6.07 Å². The highest BCUT2D eigenvalue weighted by Crippen LogP contribution is 2.26. The zero-order valence-corrected chi connectivity index (χ0v) is 9.52. The van der Waals surface area contributed by atoms with Crippen molar-refractivity contribution in [2.75, 3.05) is 0 Å². The summed E-state index contributed by atoms with van der Waals surface area (Å²) in [5.74, 6) is -1.99. The number of aliphatic hydroxyl groups excluding tert-OH is 1. The summed E-state index contributed by atoms with van der Waals surface area (Å²) in [6.45, 7) is 1.27. The average Bonchev–Trinajstić information content (AvgIpc) is 2.35. The van der Waals surface area contributed by atoms with Crippen LogP contribution in [0.5, 0.6) is 11.6 Å². The predicted octanol–water partition coefficient (Wildman–Crippen LogP) is 2.35. The van der Waals surface area contributed by atoms with E-state index in [1.165, 1.54) is 18.3 Å². The van der Waals surface area contributed by atoms with E-state index in [0.717, 1.165) is 6.07 Å². The number of benzene rings is 1. The maximum absolute atomic E-state index is 13.4. The molecule has 0 aliphatic heterocycles. The molecule has 18 heavy (non-hydrogen) atoms. The molecule has 1 N–H and O–H groups in total. The van der Waals surface area contributed by atoms with Crippen LogP contribution in [0.25, 0.3) is 0 Å². The van der Waals surface area contributed by atoms with E-state index in [0.29, 0.717) is 11.4 Å². The Kier molecular flexibility index (Phi) is 3.47. The molecule has 0 fully saturated rings. The third kappa shape index (κ3) is 2.43. The van der Waals surface area contributed by atoms with Gasteiger partial charge in [-0.15, -0.1) is 0 Å². The zero-order chi connectivity index (χ0) is 13.1. The number of ether oxygens (including phenoxy) is 1. The second-order valence-electron chi connectivity index (χ2n) is 3.56. The van der Waals surface area contributed by atoms with Crippen LogP contribution in [0.2, 0.25) is 0 Å². The lowest BCUT2D eigenvalue weighted by atomic mass is 10.3. The van der Waals surface area contributed by atoms with Crippen molar-refractivity contribution in [3.05, 3.63) is 47.4 Å². The summed E-state index contributed by atoms with van der Waals surface area (Å²) in [4.78, 5) is 7.80. The molecule has 4 nitrogen and oxygen atoms in total. The van der Waals surface area contributed by atoms with E-state index >= 15 is 0 Å². The minimum Gasteiger partial charge on any atom is -0.435 e. The monoisotopic (exact) mass is 252 g/mol. The van der Waals surface area contributed by atoms with Crippen LogP contribution in [0.4, 0.5) is 8.78 Å². The van der Waals surface area contributed by atoms with Gasteiger partial charge in [0.15, 0.2) is 11.6 Å². The van der Waals surface area contributed by atoms with Crippen LogP contribution in [0.1, 0.15) is 11.4 Å². The van der Waals surface area contributed by atoms with E-state index in [4.69, 9.17) is 9.84 Å². The molecule has 0 unspecified atom stereocenters. The number of hydrogen-bond acceptors (Lipinski definition) is 4. The van der Waals surface area contributed by atoms with E-state index in [1.54, 1.807) is 6.92 Å². The van der Waals surface area contributed by atoms with E-state index < -0.39 is 11.6 Å². The second kappa shape index (κ2) is 5.05. The molecule has 0 radical (unpaired) electrons. The Morgan fingerprint density at radius 1 is 1.33 bits per heavy atom. The Morgan fingerprint density at radius 3 is 2.83 bits per heavy atom. The number of nitrogens with zero attached hydrogens (tertiary/aromatic N) is 2. The zero-order valence-electron chi connectivity index (χ0n) is 9.52. The fourth-order valence-corrected chi connectivity index (χ4v) is 1.34. The number of aliphatic hydroxyl groups is 1. The molecule has 2 aromatic rings. The van der Waals surface area contributed by atoms with Crippen LogP contribution in [0.15, 0.2) is 24.4 Å². The molecule has 0 aliphatic rings. The van der Waals surface area contributed by atoms with Gasteiger partial charge in [0, 0.05) is 6.20 Å². The normalized spacial score (nSPS) is 10.4. The summed E-state index contributed by atoms with van der Waals surface area (Å²) in [6.07, 6.45) is 1.37. The average molecular weight is 252 g/mol. The molecule has 2 rings (SSSR count). The van der Waals surface area contributed by atoms with Gasteiger partial charge in [0.25, 0.3) is 0 Å². The van der Waals surface area contributed by atoms with Crippen molar-refractivity contribution in [2.45, 2.75) is 13.5 Å². The van der Waals surface area contributed by atoms with Crippen molar-refractivity contribution in [2.24, 2.45) is 0 Å². The van der Waals surface area contributed by atoms with Crippen LogP contribution in [0, 0.1) is 18.6 Å². The maximum Gasteiger partial charge on any atom is 0.228 e. The Labute approximate surface area is 102 Å². The summed E-state index contributed by atoms with van der Waals surface area (Å²) < 4.78 is 31.6. The van der Waals surface area contributed by atoms with Crippen molar-refractivity contribution >= 4 is 0 Å². The topological polar surface area (TPSA) is 55.2 Å². The molecule has 1 aromatic carbocycles. The molecule has 0 saturated carbocycles. The van der Waals surface area contributed by atoms with Crippen molar-refractivity contribution in [1.29, 1.82) is 0 Å². The standard InChI is InChI=1S/C12H10F2N2O2/c1-7-15-5-8(6-17)12(16-7)18-10-4-2-3-9(13)11(10)14/h2-5,17H,6H2,1H3. The first-order chi connectivity index (χ1) is 8.61. The molecule has 0 aliphatic carbocycles. The van der Waals surface area contributed by atoms with Gasteiger partial charge < -0.3 is 9.84 Å². The van der Waals surface area contributed by atoms with Crippen LogP contribution in [-0.2, 0) is 6.61 Å². The van der Waals surface area contributed by atoms with Gasteiger partial charge in [-0.05, 0) is 19.1 Å². The van der Waals surface area contributed by atoms with Crippen molar-refractivity contribution < 1.29 is 18.6 Å². The van der Waals surface area contributed by atoms with Gasteiger partial charge in [-0.25, -0.2) is 9.37 Å². The first-order valence-corrected chi connectivity index (χ1v) is 5.17. The first-order valence-electron chi connectivity index (χ1n) is 5.17. The largest absolute Gasteiger partial charge is 0.435 e. The van der Waals surface area contributed by atoms with Crippen molar-refractivity contribution in [3.63, 3.8) is 0 Å². The van der Waals surface area contributed by atoms with Gasteiger partial charge in [-0.3, -0.25) is 0 Å². The quantitative estimate of drug-likeness (QED) is 0.911. The highest BCUT2D eigenvalue weighted by Gasteiger charge is 2.13. The molecule has 0 saturated heterocycles. The Balaban J connectivity index is 2.39. The van der Waals surface area contributed by atoms with Crippen LogP contribution in [-0.4, -0.2) is 15.1 Å². The van der Waals surface area contributed by atoms with E-state index in [2.05, 4.69) is 9.97 Å². The molecular weight excluding hydrogens is 242 g/mol. The summed E-state index contributed by atoms with van der Waals surface area (Å²) in [5, 5.41) is 9.08. The van der Waals surface area contributed by atoms with Gasteiger partial charge in [-0.2, -0.15) is 9.37 Å². The highest BCUT2D eigenvalue weighted by molar-refractivity contribution is 5.32. The maximum atomic E-state index is 13.4. The molecular formula is C12H10F2N2O2. The lowest BCUT2D eigenvalue weighted by Crippen LogP contribution is -2.00. The van der Waals surface area contributed by atoms with Crippen LogP contribution < -0.4 is 4.74 Å². The number of hydrogen-bond donors (Lipinski definition) is 1. The molecule has 94 valence electrons. The SMILES string of the molecule is Cc1ncc(CO)c(Oc2cccc(F)c2F)n1. The predicted molar refractivity (Wildman–Crippen MR) is 59.1 cm³/mol. The lowest BCUT2D eigenvalue weighted by Gasteiger charge is -2.09. The number of aromatic nitrogens is 2. The summed E-state index contributed by atoms with van der Waals surface area (Å²) in [6, 6.07) is 3.58. The summed E-state index contributed by atoms with van der Waals surface area (Å²) in [5.41, 5.74) is 0.296. The van der Waals surface area contributed by atoms with Gasteiger partial charge in [0.2, 0.25) is 11.7 Å².